The molecule has 1 saturated carbocycles. The van der Waals surface area contributed by atoms with Crippen LogP contribution >= 0.6 is 0 Å². The van der Waals surface area contributed by atoms with E-state index in [4.69, 9.17) is 9.84 Å². The zero-order valence-corrected chi connectivity index (χ0v) is 7.19. The van der Waals surface area contributed by atoms with E-state index in [0.717, 1.165) is 0 Å². The monoisotopic (exact) mass is 185 g/mol. The Morgan fingerprint density at radius 2 is 2.38 bits per heavy atom. The molecular weight excluding hydrogens is 174 g/mol. The van der Waals surface area contributed by atoms with Crippen LogP contribution in [0, 0.1) is 11.8 Å². The second-order valence-corrected chi connectivity index (χ2v) is 3.66. The first-order chi connectivity index (χ1) is 6.09. The number of fused-ring (bicyclic) bond motifs is 1. The van der Waals surface area contributed by atoms with Gasteiger partial charge in [0.05, 0.1) is 12.0 Å². The van der Waals surface area contributed by atoms with Gasteiger partial charge >= 0.3 is 12.1 Å². The molecule has 1 heterocycles. The van der Waals surface area contributed by atoms with Gasteiger partial charge in [-0.25, -0.2) is 4.79 Å². The Hall–Kier alpha value is -1.26. The van der Waals surface area contributed by atoms with Crippen LogP contribution in [-0.2, 0) is 9.53 Å². The number of aliphatic carboxylic acids is 1. The summed E-state index contributed by atoms with van der Waals surface area (Å²) < 4.78 is 4.96. The van der Waals surface area contributed by atoms with Crippen LogP contribution in [0.1, 0.15) is 13.3 Å². The van der Waals surface area contributed by atoms with Gasteiger partial charge in [-0.2, -0.15) is 0 Å². The maximum atomic E-state index is 10.8. The lowest BCUT2D eigenvalue weighted by Crippen LogP contribution is -2.27. The van der Waals surface area contributed by atoms with Gasteiger partial charge in [0.15, 0.2) is 0 Å². The highest BCUT2D eigenvalue weighted by molar-refractivity contribution is 5.74. The molecule has 1 aliphatic heterocycles. The van der Waals surface area contributed by atoms with Crippen molar-refractivity contribution in [2.24, 2.45) is 11.8 Å². The number of hydrogen-bond acceptors (Lipinski definition) is 3. The highest BCUT2D eigenvalue weighted by Crippen LogP contribution is 2.36. The number of ether oxygens (including phenoxy) is 1. The molecule has 0 aromatic carbocycles. The molecule has 1 amide bonds. The first-order valence-electron chi connectivity index (χ1n) is 4.29. The summed E-state index contributed by atoms with van der Waals surface area (Å²) in [6.07, 6.45) is -0.202. The Labute approximate surface area is 75.1 Å². The average Bonchev–Trinajstić information content (AvgIpc) is 2.51. The maximum absolute atomic E-state index is 10.8. The summed E-state index contributed by atoms with van der Waals surface area (Å²) in [6.45, 7) is 1.81. The van der Waals surface area contributed by atoms with Gasteiger partial charge in [-0.3, -0.25) is 4.79 Å². The van der Waals surface area contributed by atoms with Crippen LogP contribution in [0.15, 0.2) is 0 Å². The van der Waals surface area contributed by atoms with Crippen LogP contribution in [0.2, 0.25) is 0 Å². The van der Waals surface area contributed by atoms with Crippen molar-refractivity contribution in [2.45, 2.75) is 25.5 Å². The van der Waals surface area contributed by atoms with Gasteiger partial charge in [0, 0.05) is 5.92 Å². The Balaban J connectivity index is 2.13. The zero-order chi connectivity index (χ0) is 9.59. The smallest absolute Gasteiger partial charge is 0.407 e. The summed E-state index contributed by atoms with van der Waals surface area (Å²) in [5.41, 5.74) is 0. The van der Waals surface area contributed by atoms with Crippen LogP contribution in [0.3, 0.4) is 0 Å². The van der Waals surface area contributed by atoms with Gasteiger partial charge in [-0.1, -0.05) is 6.92 Å². The van der Waals surface area contributed by atoms with E-state index >= 15 is 0 Å². The minimum Gasteiger partial charge on any atom is -0.481 e. The number of carboxylic acid groups (broad SMARTS) is 1. The number of nitrogens with one attached hydrogen (secondary N) is 1. The van der Waals surface area contributed by atoms with Crippen molar-refractivity contribution in [1.29, 1.82) is 0 Å². The molecule has 0 spiro atoms. The fourth-order valence-electron chi connectivity index (χ4n) is 2.18. The van der Waals surface area contributed by atoms with E-state index in [9.17, 15) is 9.59 Å². The molecule has 0 aromatic rings. The number of carbonyl (C=O) groups excluding carboxylic acids is 1. The Kier molecular flexibility index (Phi) is 1.68. The lowest BCUT2D eigenvalue weighted by molar-refractivity contribution is -0.143. The molecule has 5 nitrogen and oxygen atoms in total. The van der Waals surface area contributed by atoms with Crippen molar-refractivity contribution in [2.75, 3.05) is 0 Å². The third-order valence-corrected chi connectivity index (χ3v) is 2.92. The molecule has 2 rings (SSSR count). The third kappa shape index (κ3) is 1.15. The largest absolute Gasteiger partial charge is 0.481 e. The van der Waals surface area contributed by atoms with E-state index in [1.165, 1.54) is 0 Å². The topological polar surface area (TPSA) is 75.6 Å². The van der Waals surface area contributed by atoms with E-state index in [2.05, 4.69) is 5.32 Å². The van der Waals surface area contributed by atoms with E-state index < -0.39 is 18.0 Å². The normalized spacial score (nSPS) is 42.4. The molecule has 72 valence electrons. The quantitative estimate of drug-likeness (QED) is 0.612. The first-order valence-corrected chi connectivity index (χ1v) is 4.29. The van der Waals surface area contributed by atoms with Crippen molar-refractivity contribution in [1.82, 2.24) is 5.32 Å². The number of carboxylic acids is 1. The zero-order valence-electron chi connectivity index (χ0n) is 7.19. The van der Waals surface area contributed by atoms with E-state index in [1.807, 2.05) is 6.92 Å². The molecule has 13 heavy (non-hydrogen) atoms. The second kappa shape index (κ2) is 2.61. The van der Waals surface area contributed by atoms with Crippen molar-refractivity contribution in [3.8, 4) is 0 Å². The number of rotatable bonds is 1. The molecule has 2 fully saturated rings. The van der Waals surface area contributed by atoms with Gasteiger partial charge in [-0.15, -0.1) is 0 Å². The van der Waals surface area contributed by atoms with E-state index in [1.54, 1.807) is 0 Å². The number of hydrogen-bond donors (Lipinski definition) is 2. The third-order valence-electron chi connectivity index (χ3n) is 2.92. The van der Waals surface area contributed by atoms with Crippen LogP contribution < -0.4 is 5.32 Å². The molecule has 1 saturated heterocycles. The van der Waals surface area contributed by atoms with Crippen molar-refractivity contribution in [3.63, 3.8) is 0 Å². The number of carbonyl (C=O) groups is 2. The summed E-state index contributed by atoms with van der Waals surface area (Å²) in [4.78, 5) is 21.6. The summed E-state index contributed by atoms with van der Waals surface area (Å²) in [5.74, 6) is -1.29. The van der Waals surface area contributed by atoms with Gasteiger partial charge < -0.3 is 15.2 Å². The molecule has 0 radical (unpaired) electrons. The lowest BCUT2D eigenvalue weighted by Gasteiger charge is -2.14. The van der Waals surface area contributed by atoms with Crippen molar-refractivity contribution < 1.29 is 19.4 Å². The highest BCUT2D eigenvalue weighted by Gasteiger charge is 2.50. The fraction of sp³-hybridized carbons (Fsp3) is 0.750. The van der Waals surface area contributed by atoms with Crippen LogP contribution in [0.4, 0.5) is 4.79 Å². The number of alkyl carbamates (subject to hydrolysis) is 1. The minimum absolute atomic E-state index is 0.0959. The summed E-state index contributed by atoms with van der Waals surface area (Å²) >= 11 is 0. The molecule has 5 heteroatoms. The van der Waals surface area contributed by atoms with Crippen LogP contribution in [0.5, 0.6) is 0 Å². The Morgan fingerprint density at radius 1 is 1.69 bits per heavy atom. The maximum Gasteiger partial charge on any atom is 0.407 e. The lowest BCUT2D eigenvalue weighted by atomic mass is 9.97. The molecule has 2 N–H and O–H groups in total. The number of amides is 1. The predicted octanol–water partition coefficient (Wildman–Crippen LogP) is 0.204. The van der Waals surface area contributed by atoms with Gasteiger partial charge in [0.25, 0.3) is 0 Å². The fourth-order valence-corrected chi connectivity index (χ4v) is 2.18. The van der Waals surface area contributed by atoms with Gasteiger partial charge in [0.1, 0.15) is 6.10 Å². The summed E-state index contributed by atoms with van der Waals surface area (Å²) in [5, 5.41) is 11.4. The standard InChI is InChI=1S/C8H11NO4/c1-3-4(7(10)11)2-5-6(3)13-8(12)9-5/h3-6H,2H2,1H3,(H,9,12)(H,10,11)/t3-,4+,5-,6+/m1/s1. The molecular formula is C8H11NO4. The molecule has 2 aliphatic rings. The van der Waals surface area contributed by atoms with E-state index in [-0.39, 0.29) is 18.1 Å². The summed E-state index contributed by atoms with van der Waals surface area (Å²) in [7, 11) is 0. The molecule has 1 aliphatic carbocycles. The van der Waals surface area contributed by atoms with Gasteiger partial charge in [-0.05, 0) is 6.42 Å². The average molecular weight is 185 g/mol. The minimum atomic E-state index is -0.806. The van der Waals surface area contributed by atoms with Crippen molar-refractivity contribution in [3.05, 3.63) is 0 Å². The molecule has 4 atom stereocenters. The first kappa shape index (κ1) is 8.34. The molecule has 0 unspecified atom stereocenters. The van der Waals surface area contributed by atoms with E-state index in [0.29, 0.717) is 6.42 Å². The summed E-state index contributed by atoms with van der Waals surface area (Å²) in [6, 6.07) is -0.108. The molecule has 0 aromatic heterocycles. The SMILES string of the molecule is C[C@H]1[C@@H]2OC(=O)N[C@@H]2C[C@@H]1C(=O)O. The predicted molar refractivity (Wildman–Crippen MR) is 42.1 cm³/mol. The molecule has 0 bridgehead atoms. The second-order valence-electron chi connectivity index (χ2n) is 3.66. The van der Waals surface area contributed by atoms with Crippen LogP contribution in [0.25, 0.3) is 0 Å². The Morgan fingerprint density at radius 3 is 2.92 bits per heavy atom. The van der Waals surface area contributed by atoms with Gasteiger partial charge in [0.2, 0.25) is 0 Å². The Bertz CT molecular complexity index is 265. The highest BCUT2D eigenvalue weighted by atomic mass is 16.6. The van der Waals surface area contributed by atoms with Crippen molar-refractivity contribution >= 4 is 12.1 Å². The van der Waals surface area contributed by atoms with Crippen LogP contribution in [-0.4, -0.2) is 29.3 Å².